The van der Waals surface area contributed by atoms with Gasteiger partial charge in [-0.15, -0.1) is 11.3 Å². The predicted molar refractivity (Wildman–Crippen MR) is 127 cm³/mol. The SMILES string of the molecule is CCOc1ccccc1-n1c(SCC(=O)Nc2sccc2C#N)nc2ccccc2c1=O. The van der Waals surface area contributed by atoms with E-state index in [-0.39, 0.29) is 17.2 Å². The van der Waals surface area contributed by atoms with E-state index in [0.717, 1.165) is 11.8 Å². The fourth-order valence-corrected chi connectivity index (χ4v) is 4.69. The zero-order valence-corrected chi connectivity index (χ0v) is 18.7. The number of anilines is 1. The molecule has 0 atom stereocenters. The van der Waals surface area contributed by atoms with Crippen molar-refractivity contribution in [1.82, 2.24) is 9.55 Å². The number of benzene rings is 2. The summed E-state index contributed by atoms with van der Waals surface area (Å²) in [5, 5.41) is 15.0. The van der Waals surface area contributed by atoms with E-state index in [1.54, 1.807) is 41.8 Å². The molecule has 2 aromatic heterocycles. The van der Waals surface area contributed by atoms with E-state index < -0.39 is 0 Å². The summed E-state index contributed by atoms with van der Waals surface area (Å²) in [6, 6.07) is 18.0. The summed E-state index contributed by atoms with van der Waals surface area (Å²) in [5.41, 5.74) is 1.29. The largest absolute Gasteiger partial charge is 0.492 e. The lowest BCUT2D eigenvalue weighted by atomic mass is 10.2. The van der Waals surface area contributed by atoms with E-state index in [4.69, 9.17) is 10.00 Å². The van der Waals surface area contributed by atoms with Crippen molar-refractivity contribution in [2.45, 2.75) is 12.1 Å². The maximum Gasteiger partial charge on any atom is 0.266 e. The van der Waals surface area contributed by atoms with E-state index in [2.05, 4.69) is 10.3 Å². The molecule has 1 N–H and O–H groups in total. The first kappa shape index (κ1) is 21.6. The average Bonchev–Trinajstić information content (AvgIpc) is 3.26. The zero-order chi connectivity index (χ0) is 22.5. The summed E-state index contributed by atoms with van der Waals surface area (Å²) in [6.07, 6.45) is 0. The molecular weight excluding hydrogens is 444 g/mol. The molecule has 7 nitrogen and oxygen atoms in total. The smallest absolute Gasteiger partial charge is 0.266 e. The van der Waals surface area contributed by atoms with E-state index in [1.165, 1.54) is 15.9 Å². The van der Waals surface area contributed by atoms with Crippen LogP contribution >= 0.6 is 23.1 Å². The number of nitriles is 1. The Morgan fingerprint density at radius 1 is 1.22 bits per heavy atom. The third-order valence-corrected chi connectivity index (χ3v) is 6.29. The van der Waals surface area contributed by atoms with Gasteiger partial charge in [0.2, 0.25) is 5.91 Å². The van der Waals surface area contributed by atoms with Crippen LogP contribution in [0.3, 0.4) is 0 Å². The van der Waals surface area contributed by atoms with E-state index in [1.807, 2.05) is 31.2 Å². The number of carbonyl (C=O) groups excluding carboxylic acids is 1. The number of rotatable bonds is 7. The second-order valence-electron chi connectivity index (χ2n) is 6.56. The molecule has 0 bridgehead atoms. The summed E-state index contributed by atoms with van der Waals surface area (Å²) in [7, 11) is 0. The number of hydrogen-bond donors (Lipinski definition) is 1. The second-order valence-corrected chi connectivity index (χ2v) is 8.42. The molecular formula is C23H18N4O3S2. The van der Waals surface area contributed by atoms with Crippen molar-refractivity contribution in [3.05, 3.63) is 75.9 Å². The molecule has 2 heterocycles. The Morgan fingerprint density at radius 3 is 2.81 bits per heavy atom. The van der Waals surface area contributed by atoms with Crippen LogP contribution in [0.15, 0.2) is 69.9 Å². The monoisotopic (exact) mass is 462 g/mol. The molecule has 0 aliphatic carbocycles. The highest BCUT2D eigenvalue weighted by molar-refractivity contribution is 7.99. The van der Waals surface area contributed by atoms with Gasteiger partial charge in [-0.05, 0) is 42.6 Å². The van der Waals surface area contributed by atoms with Gasteiger partial charge in [0.25, 0.3) is 5.56 Å². The van der Waals surface area contributed by atoms with Crippen LogP contribution in [0.2, 0.25) is 0 Å². The summed E-state index contributed by atoms with van der Waals surface area (Å²) < 4.78 is 7.21. The number of fused-ring (bicyclic) bond motifs is 1. The number of thiophene rings is 1. The molecule has 0 spiro atoms. The van der Waals surface area contributed by atoms with E-state index >= 15 is 0 Å². The number of carbonyl (C=O) groups is 1. The van der Waals surface area contributed by atoms with Gasteiger partial charge in [-0.25, -0.2) is 4.98 Å². The Balaban J connectivity index is 1.72. The maximum absolute atomic E-state index is 13.4. The quantitative estimate of drug-likeness (QED) is 0.322. The lowest BCUT2D eigenvalue weighted by Crippen LogP contribution is -2.23. The minimum atomic E-state index is -0.291. The normalized spacial score (nSPS) is 10.6. The van der Waals surface area contributed by atoms with E-state index in [9.17, 15) is 9.59 Å². The molecule has 0 saturated heterocycles. The first-order valence-corrected chi connectivity index (χ1v) is 11.6. The van der Waals surface area contributed by atoms with Gasteiger partial charge in [0.15, 0.2) is 5.16 Å². The number of amides is 1. The van der Waals surface area contributed by atoms with Crippen molar-refractivity contribution >= 4 is 44.9 Å². The fraction of sp³-hybridized carbons (Fsp3) is 0.130. The van der Waals surface area contributed by atoms with Crippen LogP contribution in [0, 0.1) is 11.3 Å². The Labute approximate surface area is 192 Å². The molecule has 0 fully saturated rings. The zero-order valence-electron chi connectivity index (χ0n) is 17.1. The van der Waals surface area contributed by atoms with Crippen molar-refractivity contribution in [3.8, 4) is 17.5 Å². The molecule has 4 rings (SSSR count). The highest BCUT2D eigenvalue weighted by atomic mass is 32.2. The molecule has 0 unspecified atom stereocenters. The Bertz CT molecular complexity index is 1390. The van der Waals surface area contributed by atoms with Crippen molar-refractivity contribution in [2.24, 2.45) is 0 Å². The summed E-state index contributed by atoms with van der Waals surface area (Å²) in [5.74, 6) is 0.281. The molecule has 0 aliphatic heterocycles. The van der Waals surface area contributed by atoms with Gasteiger partial charge in [-0.2, -0.15) is 5.26 Å². The number of nitrogens with zero attached hydrogens (tertiary/aromatic N) is 3. The predicted octanol–water partition coefficient (Wildman–Crippen LogP) is 4.45. The number of aromatic nitrogens is 2. The molecule has 2 aromatic carbocycles. The van der Waals surface area contributed by atoms with Crippen LogP contribution in [0.5, 0.6) is 5.75 Å². The van der Waals surface area contributed by atoms with Gasteiger partial charge in [-0.3, -0.25) is 14.2 Å². The van der Waals surface area contributed by atoms with Crippen LogP contribution in [-0.2, 0) is 4.79 Å². The maximum atomic E-state index is 13.4. The van der Waals surface area contributed by atoms with E-state index in [0.29, 0.717) is 44.7 Å². The highest BCUT2D eigenvalue weighted by Crippen LogP contribution is 2.28. The molecule has 0 radical (unpaired) electrons. The first-order valence-electron chi connectivity index (χ1n) is 9.76. The fourth-order valence-electron chi connectivity index (χ4n) is 3.13. The van der Waals surface area contributed by atoms with Crippen LogP contribution in [0.4, 0.5) is 5.00 Å². The Morgan fingerprint density at radius 2 is 2.00 bits per heavy atom. The number of thioether (sulfide) groups is 1. The standard InChI is InChI=1S/C23H18N4O3S2/c1-2-30-19-10-6-5-9-18(19)27-22(29)16-7-3-4-8-17(16)25-23(27)32-14-20(28)26-21-15(13-24)11-12-31-21/h3-12H,2,14H2,1H3,(H,26,28). The van der Waals surface area contributed by atoms with Crippen molar-refractivity contribution in [3.63, 3.8) is 0 Å². The summed E-state index contributed by atoms with van der Waals surface area (Å²) in [4.78, 5) is 30.6. The molecule has 160 valence electrons. The molecule has 32 heavy (non-hydrogen) atoms. The van der Waals surface area contributed by atoms with Crippen LogP contribution in [-0.4, -0.2) is 27.8 Å². The van der Waals surface area contributed by atoms with Crippen LogP contribution < -0.4 is 15.6 Å². The van der Waals surface area contributed by atoms with Gasteiger partial charge >= 0.3 is 0 Å². The average molecular weight is 463 g/mol. The second kappa shape index (κ2) is 9.68. The van der Waals surface area contributed by atoms with Crippen molar-refractivity contribution in [1.29, 1.82) is 5.26 Å². The first-order chi connectivity index (χ1) is 15.6. The number of ether oxygens (including phenoxy) is 1. The molecule has 0 aliphatic rings. The lowest BCUT2D eigenvalue weighted by Gasteiger charge is -2.16. The molecule has 1 amide bonds. The minimum absolute atomic E-state index is 0.0182. The number of para-hydroxylation sites is 3. The summed E-state index contributed by atoms with van der Waals surface area (Å²) in [6.45, 7) is 2.32. The third kappa shape index (κ3) is 4.37. The molecule has 4 aromatic rings. The Kier molecular flexibility index (Phi) is 6.54. The number of nitrogens with one attached hydrogen (secondary N) is 1. The van der Waals surface area contributed by atoms with Gasteiger partial charge in [-0.1, -0.05) is 36.0 Å². The molecule has 9 heteroatoms. The van der Waals surface area contributed by atoms with Gasteiger partial charge in [0, 0.05) is 0 Å². The van der Waals surface area contributed by atoms with Gasteiger partial charge < -0.3 is 10.1 Å². The third-order valence-electron chi connectivity index (χ3n) is 4.52. The van der Waals surface area contributed by atoms with Crippen molar-refractivity contribution in [2.75, 3.05) is 17.7 Å². The minimum Gasteiger partial charge on any atom is -0.492 e. The van der Waals surface area contributed by atoms with Gasteiger partial charge in [0.1, 0.15) is 16.8 Å². The van der Waals surface area contributed by atoms with Gasteiger partial charge in [0.05, 0.1) is 34.5 Å². The summed E-state index contributed by atoms with van der Waals surface area (Å²) >= 11 is 2.43. The Hall–Kier alpha value is -3.61. The molecule has 0 saturated carbocycles. The van der Waals surface area contributed by atoms with Crippen LogP contribution in [0.25, 0.3) is 16.6 Å². The van der Waals surface area contributed by atoms with Crippen molar-refractivity contribution < 1.29 is 9.53 Å². The highest BCUT2D eigenvalue weighted by Gasteiger charge is 2.18. The topological polar surface area (TPSA) is 97.0 Å². The van der Waals surface area contributed by atoms with Crippen LogP contribution in [0.1, 0.15) is 12.5 Å². The number of hydrogen-bond acceptors (Lipinski definition) is 7. The lowest BCUT2D eigenvalue weighted by molar-refractivity contribution is -0.113.